The van der Waals surface area contributed by atoms with Crippen molar-refractivity contribution in [3.63, 3.8) is 0 Å². The molecule has 6 heteroatoms. The quantitative estimate of drug-likeness (QED) is 0.846. The first-order chi connectivity index (χ1) is 9.66. The second-order valence-electron chi connectivity index (χ2n) is 4.44. The summed E-state index contributed by atoms with van der Waals surface area (Å²) in [6.45, 7) is 0.613. The predicted molar refractivity (Wildman–Crippen MR) is 87.8 cm³/mol. The summed E-state index contributed by atoms with van der Waals surface area (Å²) in [5, 5.41) is 0. The van der Waals surface area contributed by atoms with Crippen molar-refractivity contribution in [1.29, 1.82) is 0 Å². The van der Waals surface area contributed by atoms with Gasteiger partial charge in [0.15, 0.2) is 5.96 Å². The molecule has 0 radical (unpaired) electrons. The molecule has 0 bridgehead atoms. The number of benzene rings is 1. The summed E-state index contributed by atoms with van der Waals surface area (Å²) in [7, 11) is 0. The van der Waals surface area contributed by atoms with Crippen LogP contribution in [0.25, 0.3) is 0 Å². The lowest BCUT2D eigenvalue weighted by molar-refractivity contribution is 0.738. The Labute approximate surface area is 134 Å². The molecule has 1 aliphatic heterocycles. The van der Waals surface area contributed by atoms with Crippen LogP contribution in [0.3, 0.4) is 0 Å². The molecule has 0 spiro atoms. The molecular formula is C14H12Br2N4. The van der Waals surface area contributed by atoms with E-state index >= 15 is 0 Å². The number of pyridine rings is 1. The van der Waals surface area contributed by atoms with Crippen LogP contribution in [0.4, 0.5) is 5.69 Å². The van der Waals surface area contributed by atoms with Crippen LogP contribution in [0.2, 0.25) is 0 Å². The molecule has 0 aliphatic carbocycles. The summed E-state index contributed by atoms with van der Waals surface area (Å²) in [5.74, 6) is 0.520. The van der Waals surface area contributed by atoms with E-state index in [1.54, 1.807) is 6.20 Å². The smallest absolute Gasteiger partial charge is 0.196 e. The predicted octanol–water partition coefficient (Wildman–Crippen LogP) is 3.48. The Bertz CT molecular complexity index is 654. The molecule has 1 unspecified atom stereocenters. The van der Waals surface area contributed by atoms with Gasteiger partial charge in [-0.15, -0.1) is 0 Å². The number of hydrogen-bond donors (Lipinski definition) is 1. The van der Waals surface area contributed by atoms with Crippen molar-refractivity contribution in [2.24, 2.45) is 10.7 Å². The minimum absolute atomic E-state index is 0.0294. The van der Waals surface area contributed by atoms with E-state index in [2.05, 4.69) is 41.8 Å². The van der Waals surface area contributed by atoms with E-state index < -0.39 is 0 Å². The number of para-hydroxylation sites is 1. The van der Waals surface area contributed by atoms with Gasteiger partial charge in [0.05, 0.1) is 24.0 Å². The van der Waals surface area contributed by atoms with Gasteiger partial charge in [0, 0.05) is 15.1 Å². The molecule has 102 valence electrons. The molecule has 2 aromatic rings. The summed E-state index contributed by atoms with van der Waals surface area (Å²) in [4.78, 5) is 10.8. The van der Waals surface area contributed by atoms with Crippen molar-refractivity contribution in [3.8, 4) is 0 Å². The van der Waals surface area contributed by atoms with Crippen molar-refractivity contribution >= 4 is 43.5 Å². The van der Waals surface area contributed by atoms with Gasteiger partial charge in [0.1, 0.15) is 0 Å². The highest BCUT2D eigenvalue weighted by atomic mass is 79.9. The zero-order valence-electron chi connectivity index (χ0n) is 10.5. The molecule has 0 saturated carbocycles. The van der Waals surface area contributed by atoms with Gasteiger partial charge in [0.2, 0.25) is 0 Å². The molecule has 0 fully saturated rings. The van der Waals surface area contributed by atoms with E-state index in [1.807, 2.05) is 41.3 Å². The number of nitrogens with two attached hydrogens (primary N) is 1. The fourth-order valence-corrected chi connectivity index (χ4v) is 2.96. The van der Waals surface area contributed by atoms with Crippen molar-refractivity contribution < 1.29 is 0 Å². The first kappa shape index (κ1) is 13.6. The van der Waals surface area contributed by atoms with Gasteiger partial charge in [-0.2, -0.15) is 0 Å². The highest BCUT2D eigenvalue weighted by Gasteiger charge is 2.30. The van der Waals surface area contributed by atoms with Crippen LogP contribution in [0.1, 0.15) is 11.7 Å². The molecule has 0 amide bonds. The molecule has 1 aliphatic rings. The van der Waals surface area contributed by atoms with E-state index in [0.29, 0.717) is 12.5 Å². The van der Waals surface area contributed by atoms with E-state index in [4.69, 9.17) is 5.73 Å². The Morgan fingerprint density at radius 1 is 1.15 bits per heavy atom. The molecule has 4 nitrogen and oxygen atoms in total. The lowest BCUT2D eigenvalue weighted by Gasteiger charge is -2.26. The maximum atomic E-state index is 6.06. The lowest BCUT2D eigenvalue weighted by Crippen LogP contribution is -2.36. The Kier molecular flexibility index (Phi) is 3.76. The topological polar surface area (TPSA) is 54.5 Å². The minimum atomic E-state index is 0.0294. The molecule has 0 saturated heterocycles. The maximum absolute atomic E-state index is 6.06. The van der Waals surface area contributed by atoms with Crippen molar-refractivity contribution in [3.05, 3.63) is 57.2 Å². The number of nitrogens with zero attached hydrogens (tertiary/aromatic N) is 3. The largest absolute Gasteiger partial charge is 0.369 e. The third kappa shape index (κ3) is 2.45. The SMILES string of the molecule is NC1=NCC(c2ccc(Br)cn2)N1c1ccccc1Br. The Morgan fingerprint density at radius 3 is 2.65 bits per heavy atom. The van der Waals surface area contributed by atoms with Gasteiger partial charge < -0.3 is 10.6 Å². The molecule has 2 heterocycles. The van der Waals surface area contributed by atoms with Crippen LogP contribution in [0.5, 0.6) is 0 Å². The zero-order valence-corrected chi connectivity index (χ0v) is 13.7. The van der Waals surface area contributed by atoms with Crippen LogP contribution >= 0.6 is 31.9 Å². The van der Waals surface area contributed by atoms with Crippen LogP contribution in [-0.4, -0.2) is 17.5 Å². The summed E-state index contributed by atoms with van der Waals surface area (Å²) in [6.07, 6.45) is 1.79. The van der Waals surface area contributed by atoms with Gasteiger partial charge in [-0.05, 0) is 56.1 Å². The fourth-order valence-electron chi connectivity index (χ4n) is 2.25. The third-order valence-corrected chi connectivity index (χ3v) is 4.33. The van der Waals surface area contributed by atoms with E-state index in [9.17, 15) is 0 Å². The summed E-state index contributed by atoms with van der Waals surface area (Å²) >= 11 is 6.97. The Hall–Kier alpha value is -1.40. The van der Waals surface area contributed by atoms with E-state index in [1.165, 1.54) is 0 Å². The van der Waals surface area contributed by atoms with Crippen LogP contribution in [0, 0.1) is 0 Å². The number of hydrogen-bond acceptors (Lipinski definition) is 4. The summed E-state index contributed by atoms with van der Waals surface area (Å²) in [5.41, 5.74) is 8.01. The average molecular weight is 396 g/mol. The number of aliphatic imine (C=N–C) groups is 1. The van der Waals surface area contributed by atoms with E-state index in [0.717, 1.165) is 20.3 Å². The molecule has 1 aromatic carbocycles. The van der Waals surface area contributed by atoms with Gasteiger partial charge in [0.25, 0.3) is 0 Å². The zero-order chi connectivity index (χ0) is 14.1. The van der Waals surface area contributed by atoms with Crippen LogP contribution < -0.4 is 10.6 Å². The summed E-state index contributed by atoms with van der Waals surface area (Å²) < 4.78 is 1.95. The number of halogens is 2. The molecule has 1 atom stereocenters. The molecule has 1 aromatic heterocycles. The summed E-state index contributed by atoms with van der Waals surface area (Å²) in [6, 6.07) is 12.0. The van der Waals surface area contributed by atoms with Gasteiger partial charge in [-0.1, -0.05) is 12.1 Å². The Balaban J connectivity index is 2.01. The van der Waals surface area contributed by atoms with Crippen molar-refractivity contribution in [1.82, 2.24) is 4.98 Å². The number of guanidine groups is 1. The highest BCUT2D eigenvalue weighted by Crippen LogP contribution is 2.34. The number of aromatic nitrogens is 1. The molecule has 20 heavy (non-hydrogen) atoms. The second kappa shape index (κ2) is 5.54. The normalized spacial score (nSPS) is 18.2. The Morgan fingerprint density at radius 2 is 1.95 bits per heavy atom. The number of anilines is 1. The lowest BCUT2D eigenvalue weighted by atomic mass is 10.1. The van der Waals surface area contributed by atoms with Crippen LogP contribution in [-0.2, 0) is 0 Å². The first-order valence-electron chi connectivity index (χ1n) is 6.12. The second-order valence-corrected chi connectivity index (χ2v) is 6.21. The standard InChI is InChI=1S/C14H12Br2N4/c15-9-5-6-11(18-7-9)13-8-19-14(17)20(13)12-4-2-1-3-10(12)16/h1-7,13H,8H2,(H2,17,19). The number of rotatable bonds is 2. The van der Waals surface area contributed by atoms with Crippen molar-refractivity contribution in [2.75, 3.05) is 11.4 Å². The van der Waals surface area contributed by atoms with Gasteiger partial charge >= 0.3 is 0 Å². The fraction of sp³-hybridized carbons (Fsp3) is 0.143. The maximum Gasteiger partial charge on any atom is 0.196 e. The molecule has 3 rings (SSSR count). The minimum Gasteiger partial charge on any atom is -0.369 e. The first-order valence-corrected chi connectivity index (χ1v) is 7.70. The molecular weight excluding hydrogens is 384 g/mol. The van der Waals surface area contributed by atoms with Gasteiger partial charge in [-0.3, -0.25) is 9.98 Å². The molecule has 2 N–H and O–H groups in total. The highest BCUT2D eigenvalue weighted by molar-refractivity contribution is 9.10. The van der Waals surface area contributed by atoms with E-state index in [-0.39, 0.29) is 6.04 Å². The van der Waals surface area contributed by atoms with Crippen LogP contribution in [0.15, 0.2) is 56.5 Å². The monoisotopic (exact) mass is 394 g/mol. The average Bonchev–Trinajstić information content (AvgIpc) is 2.82. The third-order valence-electron chi connectivity index (χ3n) is 3.19. The van der Waals surface area contributed by atoms with Crippen molar-refractivity contribution in [2.45, 2.75) is 6.04 Å². The van der Waals surface area contributed by atoms with Gasteiger partial charge in [-0.25, -0.2) is 0 Å².